The Balaban J connectivity index is 2.35. The first-order valence-corrected chi connectivity index (χ1v) is 6.41. The number of rotatable bonds is 2. The summed E-state index contributed by atoms with van der Waals surface area (Å²) in [6.45, 7) is 0. The molecule has 2 nitrogen and oxygen atoms in total. The summed E-state index contributed by atoms with van der Waals surface area (Å²) < 4.78 is 25.3. The minimum Gasteiger partial charge on any atom is -0.247 e. The third-order valence-electron chi connectivity index (χ3n) is 1.91. The molecule has 1 unspecified atom stereocenters. The third kappa shape index (κ3) is 2.54. The van der Waals surface area contributed by atoms with Gasteiger partial charge in [-0.05, 0) is 52.3 Å². The van der Waals surface area contributed by atoms with Crippen molar-refractivity contribution in [3.8, 4) is 0 Å². The number of benzene rings is 1. The van der Waals surface area contributed by atoms with Crippen LogP contribution >= 0.6 is 15.9 Å². The molecule has 0 bridgehead atoms. The summed E-state index contributed by atoms with van der Waals surface area (Å²) in [5.41, 5.74) is 0. The van der Waals surface area contributed by atoms with Gasteiger partial charge in [-0.2, -0.15) is 0 Å². The molecule has 0 aliphatic carbocycles. The number of hydrogen-bond donors (Lipinski definition) is 0. The maximum absolute atomic E-state index is 12.7. The van der Waals surface area contributed by atoms with E-state index in [2.05, 4.69) is 20.9 Å². The quantitative estimate of drug-likeness (QED) is 0.798. The maximum atomic E-state index is 12.7. The molecule has 0 N–H and O–H groups in total. The third-order valence-corrected chi connectivity index (χ3v) is 3.66. The van der Waals surface area contributed by atoms with Crippen LogP contribution in [0.1, 0.15) is 0 Å². The van der Waals surface area contributed by atoms with Crippen molar-refractivity contribution in [2.24, 2.45) is 0 Å². The van der Waals surface area contributed by atoms with Crippen LogP contribution in [-0.2, 0) is 10.8 Å². The molecule has 1 aromatic carbocycles. The summed E-state index contributed by atoms with van der Waals surface area (Å²) >= 11 is 3.21. The molecule has 0 amide bonds. The highest BCUT2D eigenvalue weighted by molar-refractivity contribution is 9.10. The molecular weight excluding hydrogens is 293 g/mol. The zero-order valence-corrected chi connectivity index (χ0v) is 10.5. The molecule has 16 heavy (non-hydrogen) atoms. The Morgan fingerprint density at radius 2 is 1.81 bits per heavy atom. The fraction of sp³-hybridized carbons (Fsp3) is 0. The van der Waals surface area contributed by atoms with Crippen molar-refractivity contribution in [1.82, 2.24) is 4.98 Å². The smallest absolute Gasteiger partial charge is 0.133 e. The van der Waals surface area contributed by atoms with Crippen molar-refractivity contribution >= 4 is 26.7 Å². The molecule has 0 fully saturated rings. The second-order valence-electron chi connectivity index (χ2n) is 3.02. The largest absolute Gasteiger partial charge is 0.247 e. The lowest BCUT2D eigenvalue weighted by molar-refractivity contribution is 0.626. The van der Waals surface area contributed by atoms with Crippen molar-refractivity contribution < 1.29 is 8.60 Å². The molecule has 0 radical (unpaired) electrons. The topological polar surface area (TPSA) is 30.0 Å². The highest BCUT2D eigenvalue weighted by Gasteiger charge is 2.08. The van der Waals surface area contributed by atoms with Gasteiger partial charge in [0, 0.05) is 4.90 Å². The first kappa shape index (κ1) is 11.4. The Kier molecular flexibility index (Phi) is 3.46. The molecule has 82 valence electrons. The number of pyridine rings is 1. The van der Waals surface area contributed by atoms with Crippen LogP contribution in [0.15, 0.2) is 57.0 Å². The summed E-state index contributed by atoms with van der Waals surface area (Å²) in [5.74, 6) is -0.344. The van der Waals surface area contributed by atoms with Crippen LogP contribution in [0.3, 0.4) is 0 Å². The monoisotopic (exact) mass is 299 g/mol. The summed E-state index contributed by atoms with van der Waals surface area (Å²) in [4.78, 5) is 4.63. The molecule has 0 aliphatic rings. The van der Waals surface area contributed by atoms with Gasteiger partial charge in [-0.15, -0.1) is 0 Å². The van der Waals surface area contributed by atoms with Crippen LogP contribution in [0.5, 0.6) is 0 Å². The number of hydrogen-bond acceptors (Lipinski definition) is 2. The first-order chi connectivity index (χ1) is 7.66. The molecule has 0 saturated carbocycles. The summed E-state index contributed by atoms with van der Waals surface area (Å²) in [6, 6.07) is 10.7. The van der Waals surface area contributed by atoms with E-state index in [0.717, 1.165) is 0 Å². The van der Waals surface area contributed by atoms with Gasteiger partial charge in [-0.1, -0.05) is 6.07 Å². The fourth-order valence-corrected chi connectivity index (χ4v) is 2.64. The van der Waals surface area contributed by atoms with Crippen molar-refractivity contribution in [3.05, 3.63) is 52.9 Å². The van der Waals surface area contributed by atoms with E-state index in [-0.39, 0.29) is 5.82 Å². The van der Waals surface area contributed by atoms with Gasteiger partial charge in [0.05, 0.1) is 0 Å². The normalized spacial score (nSPS) is 12.4. The van der Waals surface area contributed by atoms with Crippen molar-refractivity contribution in [2.45, 2.75) is 9.92 Å². The van der Waals surface area contributed by atoms with E-state index in [1.807, 2.05) is 0 Å². The zero-order chi connectivity index (χ0) is 11.5. The van der Waals surface area contributed by atoms with E-state index < -0.39 is 10.8 Å². The first-order valence-electron chi connectivity index (χ1n) is 4.47. The minimum atomic E-state index is -1.37. The molecule has 0 aliphatic heterocycles. The predicted octanol–water partition coefficient (Wildman–Crippen LogP) is 3.15. The minimum absolute atomic E-state index is 0.344. The Morgan fingerprint density at radius 1 is 1.12 bits per heavy atom. The van der Waals surface area contributed by atoms with Crippen LogP contribution in [0, 0.1) is 5.82 Å². The standard InChI is InChI=1S/C11H7BrFNOS/c12-10-2-1-3-11(14-10)16(15)9-6-4-8(13)5-7-9/h1-7H. The predicted molar refractivity (Wildman–Crippen MR) is 63.0 cm³/mol. The number of nitrogens with zero attached hydrogens (tertiary/aromatic N) is 1. The highest BCUT2D eigenvalue weighted by Crippen LogP contribution is 2.16. The van der Waals surface area contributed by atoms with Crippen molar-refractivity contribution in [3.63, 3.8) is 0 Å². The van der Waals surface area contributed by atoms with Crippen molar-refractivity contribution in [2.75, 3.05) is 0 Å². The summed E-state index contributed by atoms with van der Waals surface area (Å²) in [5, 5.41) is 0.445. The Bertz CT molecular complexity index is 530. The lowest BCUT2D eigenvalue weighted by Crippen LogP contribution is -1.96. The van der Waals surface area contributed by atoms with Crippen LogP contribution in [0.25, 0.3) is 0 Å². The lowest BCUT2D eigenvalue weighted by Gasteiger charge is -2.01. The lowest BCUT2D eigenvalue weighted by atomic mass is 10.4. The van der Waals surface area contributed by atoms with Gasteiger partial charge in [0.1, 0.15) is 26.2 Å². The van der Waals surface area contributed by atoms with Crippen LogP contribution < -0.4 is 0 Å². The molecule has 0 saturated heterocycles. The van der Waals surface area contributed by atoms with Gasteiger partial charge >= 0.3 is 0 Å². The number of halogens is 2. The maximum Gasteiger partial charge on any atom is 0.133 e. The molecule has 1 aromatic heterocycles. The second-order valence-corrected chi connectivity index (χ2v) is 5.26. The van der Waals surface area contributed by atoms with Gasteiger partial charge in [-0.3, -0.25) is 0 Å². The summed E-state index contributed by atoms with van der Waals surface area (Å²) in [7, 11) is -1.37. The van der Waals surface area contributed by atoms with Crippen LogP contribution in [-0.4, -0.2) is 9.19 Å². The molecule has 0 spiro atoms. The van der Waals surface area contributed by atoms with E-state index in [9.17, 15) is 8.60 Å². The van der Waals surface area contributed by atoms with E-state index in [0.29, 0.717) is 14.5 Å². The van der Waals surface area contributed by atoms with E-state index in [4.69, 9.17) is 0 Å². The highest BCUT2D eigenvalue weighted by atomic mass is 79.9. The molecule has 2 rings (SSSR count). The molecule has 2 aromatic rings. The zero-order valence-electron chi connectivity index (χ0n) is 8.06. The summed E-state index contributed by atoms with van der Waals surface area (Å²) in [6.07, 6.45) is 0. The van der Waals surface area contributed by atoms with E-state index >= 15 is 0 Å². The SMILES string of the molecule is O=S(c1ccc(F)cc1)c1cccc(Br)n1. The van der Waals surface area contributed by atoms with Crippen LogP contribution in [0.2, 0.25) is 0 Å². The van der Waals surface area contributed by atoms with Gasteiger partial charge in [0.15, 0.2) is 0 Å². The van der Waals surface area contributed by atoms with Gasteiger partial charge in [0.25, 0.3) is 0 Å². The molecule has 5 heteroatoms. The van der Waals surface area contributed by atoms with E-state index in [1.54, 1.807) is 18.2 Å². The van der Waals surface area contributed by atoms with E-state index in [1.165, 1.54) is 24.3 Å². The number of aromatic nitrogens is 1. The molecular formula is C11H7BrFNOS. The van der Waals surface area contributed by atoms with Gasteiger partial charge in [0.2, 0.25) is 0 Å². The Morgan fingerprint density at radius 3 is 2.44 bits per heavy atom. The Labute approximate surface area is 103 Å². The van der Waals surface area contributed by atoms with Crippen LogP contribution in [0.4, 0.5) is 4.39 Å². The second kappa shape index (κ2) is 4.84. The Hall–Kier alpha value is -1.07. The average Bonchev–Trinajstić information content (AvgIpc) is 2.29. The van der Waals surface area contributed by atoms with Gasteiger partial charge < -0.3 is 0 Å². The average molecular weight is 300 g/mol. The molecule has 1 atom stereocenters. The van der Waals surface area contributed by atoms with Gasteiger partial charge in [-0.25, -0.2) is 13.6 Å². The fourth-order valence-electron chi connectivity index (χ4n) is 1.17. The van der Waals surface area contributed by atoms with Crippen molar-refractivity contribution in [1.29, 1.82) is 0 Å². The molecule has 1 heterocycles.